The van der Waals surface area contributed by atoms with E-state index in [4.69, 9.17) is 4.74 Å². The van der Waals surface area contributed by atoms with E-state index in [1.54, 1.807) is 37.4 Å². The van der Waals surface area contributed by atoms with Crippen molar-refractivity contribution in [2.75, 3.05) is 17.7 Å². The first-order valence-corrected chi connectivity index (χ1v) is 8.90. The second-order valence-electron chi connectivity index (χ2n) is 5.59. The van der Waals surface area contributed by atoms with Crippen molar-refractivity contribution < 1.29 is 14.3 Å². The highest BCUT2D eigenvalue weighted by Gasteiger charge is 2.09. The molecule has 1 heterocycles. The molecule has 0 saturated carbocycles. The third-order valence-electron chi connectivity index (χ3n) is 3.65. The Hall–Kier alpha value is -3.12. The van der Waals surface area contributed by atoms with Gasteiger partial charge in [-0.2, -0.15) is 0 Å². The largest absolute Gasteiger partial charge is 0.497 e. The van der Waals surface area contributed by atoms with Crippen LogP contribution in [0.15, 0.2) is 66.0 Å². The van der Waals surface area contributed by atoms with E-state index in [2.05, 4.69) is 10.6 Å². The highest BCUT2D eigenvalue weighted by Crippen LogP contribution is 2.18. The Kier molecular flexibility index (Phi) is 5.66. The molecule has 2 amide bonds. The van der Waals surface area contributed by atoms with Crippen molar-refractivity contribution in [2.24, 2.45) is 0 Å². The molecule has 0 spiro atoms. The summed E-state index contributed by atoms with van der Waals surface area (Å²) in [4.78, 5) is 25.0. The zero-order chi connectivity index (χ0) is 18.4. The normalized spacial score (nSPS) is 10.2. The first-order chi connectivity index (χ1) is 12.6. The van der Waals surface area contributed by atoms with E-state index in [1.807, 2.05) is 35.7 Å². The van der Waals surface area contributed by atoms with E-state index in [1.165, 1.54) is 11.3 Å². The van der Waals surface area contributed by atoms with Gasteiger partial charge in [0.05, 0.1) is 18.4 Å². The Bertz CT molecular complexity index is 907. The molecule has 2 aromatic carbocycles. The minimum atomic E-state index is -0.167. The quantitative estimate of drug-likeness (QED) is 0.687. The van der Waals surface area contributed by atoms with Crippen molar-refractivity contribution in [2.45, 2.75) is 6.42 Å². The molecule has 0 fully saturated rings. The second-order valence-corrected chi connectivity index (χ2v) is 6.54. The fraction of sp³-hybridized carbons (Fsp3) is 0.100. The van der Waals surface area contributed by atoms with Crippen molar-refractivity contribution in [1.82, 2.24) is 0 Å². The lowest BCUT2D eigenvalue weighted by atomic mass is 10.1. The molecule has 0 aliphatic carbocycles. The number of methoxy groups -OCH3 is 1. The van der Waals surface area contributed by atoms with Gasteiger partial charge in [0.1, 0.15) is 5.75 Å². The van der Waals surface area contributed by atoms with Crippen LogP contribution in [-0.4, -0.2) is 18.9 Å². The number of hydrogen-bond acceptors (Lipinski definition) is 4. The number of thiophene rings is 1. The van der Waals surface area contributed by atoms with E-state index in [0.717, 1.165) is 5.56 Å². The molecule has 0 unspecified atom stereocenters. The molecule has 0 radical (unpaired) electrons. The Morgan fingerprint density at radius 3 is 2.46 bits per heavy atom. The summed E-state index contributed by atoms with van der Waals surface area (Å²) >= 11 is 1.38. The summed E-state index contributed by atoms with van der Waals surface area (Å²) < 4.78 is 5.17. The summed E-state index contributed by atoms with van der Waals surface area (Å²) in [7, 11) is 1.59. The van der Waals surface area contributed by atoms with Gasteiger partial charge in [0, 0.05) is 11.4 Å². The van der Waals surface area contributed by atoms with Crippen molar-refractivity contribution in [1.29, 1.82) is 0 Å². The van der Waals surface area contributed by atoms with E-state index in [0.29, 0.717) is 22.0 Å². The lowest BCUT2D eigenvalue weighted by molar-refractivity contribution is -0.115. The lowest BCUT2D eigenvalue weighted by Gasteiger charge is -2.09. The van der Waals surface area contributed by atoms with Crippen LogP contribution in [0.5, 0.6) is 5.75 Å². The van der Waals surface area contributed by atoms with E-state index >= 15 is 0 Å². The monoisotopic (exact) mass is 366 g/mol. The van der Waals surface area contributed by atoms with Crippen molar-refractivity contribution in [3.63, 3.8) is 0 Å². The van der Waals surface area contributed by atoms with Crippen molar-refractivity contribution in [3.8, 4) is 5.75 Å². The summed E-state index contributed by atoms with van der Waals surface area (Å²) in [5.74, 6) is 0.411. The molecule has 0 atom stereocenters. The molecule has 2 N–H and O–H groups in total. The number of carbonyl (C=O) groups is 2. The summed E-state index contributed by atoms with van der Waals surface area (Å²) in [6.45, 7) is 0. The van der Waals surface area contributed by atoms with Gasteiger partial charge in [-0.05, 0) is 47.3 Å². The molecule has 5 nitrogen and oxygen atoms in total. The topological polar surface area (TPSA) is 67.4 Å². The lowest BCUT2D eigenvalue weighted by Crippen LogP contribution is -2.15. The van der Waals surface area contributed by atoms with Gasteiger partial charge in [-0.1, -0.05) is 24.3 Å². The van der Waals surface area contributed by atoms with E-state index in [9.17, 15) is 9.59 Å². The fourth-order valence-corrected chi connectivity index (χ4v) is 3.07. The fourth-order valence-electron chi connectivity index (χ4n) is 2.45. The molecular formula is C20H18N2O3S. The zero-order valence-corrected chi connectivity index (χ0v) is 15.0. The third-order valence-corrected chi connectivity index (χ3v) is 4.52. The number of nitrogens with one attached hydrogen (secondary N) is 2. The Labute approximate surface area is 155 Å². The van der Waals surface area contributed by atoms with Gasteiger partial charge < -0.3 is 15.4 Å². The van der Waals surface area contributed by atoms with Crippen LogP contribution in [0.25, 0.3) is 0 Å². The SMILES string of the molecule is COc1cccc(CC(=O)Nc2cccc(NC(=O)c3cccs3)c2)c1. The number of hydrogen-bond donors (Lipinski definition) is 2. The van der Waals surface area contributed by atoms with Crippen LogP contribution in [0.2, 0.25) is 0 Å². The molecule has 3 aromatic rings. The molecule has 6 heteroatoms. The van der Waals surface area contributed by atoms with Gasteiger partial charge in [-0.15, -0.1) is 11.3 Å². The molecular weight excluding hydrogens is 348 g/mol. The summed E-state index contributed by atoms with van der Waals surface area (Å²) in [6, 6.07) is 18.1. The average molecular weight is 366 g/mol. The second kappa shape index (κ2) is 8.31. The number of anilines is 2. The molecule has 0 bridgehead atoms. The molecule has 1 aromatic heterocycles. The molecule has 0 aliphatic heterocycles. The maximum Gasteiger partial charge on any atom is 0.265 e. The predicted molar refractivity (Wildman–Crippen MR) is 104 cm³/mol. The summed E-state index contributed by atoms with van der Waals surface area (Å²) in [6.07, 6.45) is 0.239. The predicted octanol–water partition coefficient (Wildman–Crippen LogP) is 4.19. The highest BCUT2D eigenvalue weighted by atomic mass is 32.1. The minimum absolute atomic E-state index is 0.139. The number of ether oxygens (including phenoxy) is 1. The number of amides is 2. The van der Waals surface area contributed by atoms with Crippen molar-refractivity contribution >= 4 is 34.5 Å². The van der Waals surface area contributed by atoms with Crippen LogP contribution >= 0.6 is 11.3 Å². The third kappa shape index (κ3) is 4.70. The standard InChI is InChI=1S/C20H18N2O3S/c1-25-17-8-2-5-14(11-17)12-19(23)21-15-6-3-7-16(13-15)22-20(24)18-9-4-10-26-18/h2-11,13H,12H2,1H3,(H,21,23)(H,22,24). The van der Waals surface area contributed by atoms with Crippen molar-refractivity contribution in [3.05, 3.63) is 76.5 Å². The number of carbonyl (C=O) groups excluding carboxylic acids is 2. The molecule has 0 saturated heterocycles. The molecule has 3 rings (SSSR count). The van der Waals surface area contributed by atoms with Gasteiger partial charge in [-0.3, -0.25) is 9.59 Å². The molecule has 0 aliphatic rings. The van der Waals surface area contributed by atoms with Gasteiger partial charge >= 0.3 is 0 Å². The molecule has 26 heavy (non-hydrogen) atoms. The van der Waals surface area contributed by atoms with Crippen LogP contribution in [0.1, 0.15) is 15.2 Å². The van der Waals surface area contributed by atoms with Crippen LogP contribution in [0, 0.1) is 0 Å². The first-order valence-electron chi connectivity index (χ1n) is 8.02. The Morgan fingerprint density at radius 2 is 1.73 bits per heavy atom. The smallest absolute Gasteiger partial charge is 0.265 e. The highest BCUT2D eigenvalue weighted by molar-refractivity contribution is 7.12. The van der Waals surface area contributed by atoms with Gasteiger partial charge in [0.2, 0.25) is 5.91 Å². The Morgan fingerprint density at radius 1 is 0.962 bits per heavy atom. The maximum atomic E-state index is 12.3. The minimum Gasteiger partial charge on any atom is -0.497 e. The van der Waals surface area contributed by atoms with Gasteiger partial charge in [0.25, 0.3) is 5.91 Å². The zero-order valence-electron chi connectivity index (χ0n) is 14.2. The van der Waals surface area contributed by atoms with Crippen LogP contribution < -0.4 is 15.4 Å². The van der Waals surface area contributed by atoms with Crippen LogP contribution in [-0.2, 0) is 11.2 Å². The first kappa shape index (κ1) is 17.7. The molecule has 132 valence electrons. The van der Waals surface area contributed by atoms with E-state index < -0.39 is 0 Å². The van der Waals surface area contributed by atoms with Gasteiger partial charge in [-0.25, -0.2) is 0 Å². The van der Waals surface area contributed by atoms with Crippen LogP contribution in [0.3, 0.4) is 0 Å². The maximum absolute atomic E-state index is 12.3. The Balaban J connectivity index is 1.62. The van der Waals surface area contributed by atoms with E-state index in [-0.39, 0.29) is 18.2 Å². The number of rotatable bonds is 6. The number of benzene rings is 2. The van der Waals surface area contributed by atoms with Crippen LogP contribution in [0.4, 0.5) is 11.4 Å². The average Bonchev–Trinajstić information content (AvgIpc) is 3.17. The van der Waals surface area contributed by atoms with Gasteiger partial charge in [0.15, 0.2) is 0 Å². The summed E-state index contributed by atoms with van der Waals surface area (Å²) in [5, 5.41) is 7.53. The summed E-state index contributed by atoms with van der Waals surface area (Å²) in [5.41, 5.74) is 2.12.